The number of rotatable bonds is 8. The molecule has 0 unspecified atom stereocenters. The first-order valence-corrected chi connectivity index (χ1v) is 6.62. The summed E-state index contributed by atoms with van der Waals surface area (Å²) in [4.78, 5) is 28.5. The number of hydrogen-bond donors (Lipinski definition) is 0. The van der Waals surface area contributed by atoms with Crippen LogP contribution in [0.2, 0.25) is 0 Å². The molecule has 0 aromatic carbocycles. The molecule has 0 fully saturated rings. The summed E-state index contributed by atoms with van der Waals surface area (Å²) in [5, 5.41) is 3.86. The maximum atomic E-state index is 11.4. The van der Waals surface area contributed by atoms with Crippen LogP contribution in [0.5, 0.6) is 0 Å². The Balaban J connectivity index is 2.68. The lowest BCUT2D eigenvalue weighted by atomic mass is 10.1. The lowest BCUT2D eigenvalue weighted by Gasteiger charge is -2.17. The molecule has 21 heavy (non-hydrogen) atoms. The van der Waals surface area contributed by atoms with Crippen molar-refractivity contribution in [2.75, 3.05) is 27.3 Å². The van der Waals surface area contributed by atoms with Crippen LogP contribution in [0.3, 0.4) is 0 Å². The summed E-state index contributed by atoms with van der Waals surface area (Å²) >= 11 is 0. The Bertz CT molecular complexity index is 454. The molecule has 0 N–H and O–H groups in total. The number of esters is 2. The van der Waals surface area contributed by atoms with Gasteiger partial charge in [0.1, 0.15) is 0 Å². The zero-order valence-corrected chi connectivity index (χ0v) is 12.8. The predicted molar refractivity (Wildman–Crippen MR) is 72.1 cm³/mol. The van der Waals surface area contributed by atoms with Crippen molar-refractivity contribution < 1.29 is 23.6 Å². The van der Waals surface area contributed by atoms with Gasteiger partial charge in [0.25, 0.3) is 0 Å². The molecule has 0 bridgehead atoms. The molecular formula is C13H21N3O5. The SMILES string of the molecule is COC(=O)CN(CC(=O)OC)Cc1nc(CC(C)C)no1. The monoisotopic (exact) mass is 299 g/mol. The van der Waals surface area contributed by atoms with E-state index < -0.39 is 11.9 Å². The van der Waals surface area contributed by atoms with Crippen molar-refractivity contribution >= 4 is 11.9 Å². The molecule has 1 aromatic heterocycles. The van der Waals surface area contributed by atoms with Gasteiger partial charge in [-0.15, -0.1) is 0 Å². The van der Waals surface area contributed by atoms with E-state index >= 15 is 0 Å². The summed E-state index contributed by atoms with van der Waals surface area (Å²) in [6.45, 7) is 4.16. The molecule has 1 rings (SSSR count). The van der Waals surface area contributed by atoms with Crippen molar-refractivity contribution in [3.05, 3.63) is 11.7 Å². The van der Waals surface area contributed by atoms with Crippen molar-refractivity contribution in [1.82, 2.24) is 15.0 Å². The fourth-order valence-corrected chi connectivity index (χ4v) is 1.66. The van der Waals surface area contributed by atoms with Gasteiger partial charge in [-0.2, -0.15) is 4.98 Å². The number of hydrogen-bond acceptors (Lipinski definition) is 8. The molecule has 0 aliphatic carbocycles. The summed E-state index contributed by atoms with van der Waals surface area (Å²) < 4.78 is 14.3. The molecule has 118 valence electrons. The van der Waals surface area contributed by atoms with Crippen molar-refractivity contribution in [3.63, 3.8) is 0 Å². The normalized spacial score (nSPS) is 11.0. The highest BCUT2D eigenvalue weighted by Crippen LogP contribution is 2.07. The fraction of sp³-hybridized carbons (Fsp3) is 0.692. The minimum atomic E-state index is -0.458. The minimum absolute atomic E-state index is 0.0620. The van der Waals surface area contributed by atoms with Crippen LogP contribution in [-0.2, 0) is 32.0 Å². The van der Waals surface area contributed by atoms with E-state index in [1.54, 1.807) is 0 Å². The molecule has 0 aliphatic rings. The van der Waals surface area contributed by atoms with Gasteiger partial charge >= 0.3 is 11.9 Å². The number of nitrogens with zero attached hydrogens (tertiary/aromatic N) is 3. The van der Waals surface area contributed by atoms with Gasteiger partial charge in [0.15, 0.2) is 5.82 Å². The van der Waals surface area contributed by atoms with E-state index in [1.165, 1.54) is 19.1 Å². The highest BCUT2D eigenvalue weighted by Gasteiger charge is 2.19. The van der Waals surface area contributed by atoms with Crippen molar-refractivity contribution in [2.24, 2.45) is 5.92 Å². The van der Waals surface area contributed by atoms with Gasteiger partial charge in [0.05, 0.1) is 33.9 Å². The first-order chi connectivity index (χ1) is 9.94. The van der Waals surface area contributed by atoms with E-state index in [1.807, 2.05) is 0 Å². The molecule has 0 atom stereocenters. The van der Waals surface area contributed by atoms with Crippen LogP contribution in [0.4, 0.5) is 0 Å². The molecule has 0 spiro atoms. The second kappa shape index (κ2) is 8.35. The molecule has 0 radical (unpaired) electrons. The van der Waals surface area contributed by atoms with Gasteiger partial charge in [-0.25, -0.2) is 0 Å². The molecule has 8 heteroatoms. The Kier molecular flexibility index (Phi) is 6.80. The summed E-state index contributed by atoms with van der Waals surface area (Å²) in [6.07, 6.45) is 0.706. The topological polar surface area (TPSA) is 94.8 Å². The van der Waals surface area contributed by atoms with E-state index in [4.69, 9.17) is 4.52 Å². The van der Waals surface area contributed by atoms with Crippen LogP contribution in [0.1, 0.15) is 25.6 Å². The lowest BCUT2D eigenvalue weighted by Crippen LogP contribution is -2.35. The Hall–Kier alpha value is -1.96. The highest BCUT2D eigenvalue weighted by atomic mass is 16.5. The first kappa shape index (κ1) is 17.1. The second-order valence-electron chi connectivity index (χ2n) is 5.00. The quantitative estimate of drug-likeness (QED) is 0.637. The van der Waals surface area contributed by atoms with E-state index in [2.05, 4.69) is 33.5 Å². The van der Waals surface area contributed by atoms with E-state index in [0.29, 0.717) is 24.1 Å². The molecule has 1 heterocycles. The number of aromatic nitrogens is 2. The zero-order valence-electron chi connectivity index (χ0n) is 12.8. The van der Waals surface area contributed by atoms with E-state index in [9.17, 15) is 9.59 Å². The number of ether oxygens (including phenoxy) is 2. The minimum Gasteiger partial charge on any atom is -0.468 e. The molecule has 1 aromatic rings. The van der Waals surface area contributed by atoms with Crippen LogP contribution in [0.25, 0.3) is 0 Å². The van der Waals surface area contributed by atoms with Crippen molar-refractivity contribution in [2.45, 2.75) is 26.8 Å². The fourth-order valence-electron chi connectivity index (χ4n) is 1.66. The molecule has 8 nitrogen and oxygen atoms in total. The summed E-state index contributed by atoms with van der Waals surface area (Å²) in [5.74, 6) is 0.452. The first-order valence-electron chi connectivity index (χ1n) is 6.62. The molecule has 0 amide bonds. The third-order valence-electron chi connectivity index (χ3n) is 2.62. The maximum Gasteiger partial charge on any atom is 0.319 e. The summed E-state index contributed by atoms with van der Waals surface area (Å²) in [6, 6.07) is 0. The smallest absolute Gasteiger partial charge is 0.319 e. The van der Waals surface area contributed by atoms with Crippen LogP contribution in [-0.4, -0.2) is 54.3 Å². The lowest BCUT2D eigenvalue weighted by molar-refractivity contribution is -0.145. The molecule has 0 aliphatic heterocycles. The molecule has 0 saturated heterocycles. The van der Waals surface area contributed by atoms with E-state index in [0.717, 1.165) is 0 Å². The average molecular weight is 299 g/mol. The van der Waals surface area contributed by atoms with E-state index in [-0.39, 0.29) is 19.6 Å². The third kappa shape index (κ3) is 6.35. The highest BCUT2D eigenvalue weighted by molar-refractivity contribution is 5.74. The number of methoxy groups -OCH3 is 2. The van der Waals surface area contributed by atoms with Gasteiger partial charge in [-0.05, 0) is 5.92 Å². The van der Waals surface area contributed by atoms with Crippen molar-refractivity contribution in [1.29, 1.82) is 0 Å². The zero-order chi connectivity index (χ0) is 15.8. The van der Waals surface area contributed by atoms with Gasteiger partial charge in [0, 0.05) is 6.42 Å². The summed E-state index contributed by atoms with van der Waals surface area (Å²) in [7, 11) is 2.57. The van der Waals surface area contributed by atoms with Gasteiger partial charge in [-0.3, -0.25) is 14.5 Å². The Morgan fingerprint density at radius 2 is 1.76 bits per heavy atom. The van der Waals surface area contributed by atoms with Crippen LogP contribution in [0.15, 0.2) is 4.52 Å². The third-order valence-corrected chi connectivity index (χ3v) is 2.62. The van der Waals surface area contributed by atoms with Crippen molar-refractivity contribution in [3.8, 4) is 0 Å². The van der Waals surface area contributed by atoms with Gasteiger partial charge in [-0.1, -0.05) is 19.0 Å². The average Bonchev–Trinajstić information content (AvgIpc) is 2.84. The molecular weight excluding hydrogens is 278 g/mol. The van der Waals surface area contributed by atoms with Crippen LogP contribution < -0.4 is 0 Å². The predicted octanol–water partition coefficient (Wildman–Crippen LogP) is 0.416. The second-order valence-corrected chi connectivity index (χ2v) is 5.00. The molecule has 0 saturated carbocycles. The standard InChI is InChI=1S/C13H21N3O5/c1-9(2)5-10-14-11(21-15-10)6-16(7-12(17)19-3)8-13(18)20-4/h9H,5-8H2,1-4H3. The number of carbonyl (C=O) groups is 2. The van der Waals surface area contributed by atoms with Crippen LogP contribution in [0, 0.1) is 5.92 Å². The summed E-state index contributed by atoms with van der Waals surface area (Å²) in [5.41, 5.74) is 0. The largest absolute Gasteiger partial charge is 0.468 e. The van der Waals surface area contributed by atoms with Crippen LogP contribution >= 0.6 is 0 Å². The maximum absolute atomic E-state index is 11.4. The Morgan fingerprint density at radius 1 is 1.19 bits per heavy atom. The van der Waals surface area contributed by atoms with Gasteiger partial charge < -0.3 is 14.0 Å². The number of carbonyl (C=O) groups excluding carboxylic acids is 2. The van der Waals surface area contributed by atoms with Gasteiger partial charge in [0.2, 0.25) is 5.89 Å². The Morgan fingerprint density at radius 3 is 2.24 bits per heavy atom. The Labute approximate surface area is 123 Å².